The van der Waals surface area contributed by atoms with Gasteiger partial charge in [0.05, 0.1) is 83.8 Å². The number of halogens is 20. The van der Waals surface area contributed by atoms with Crippen LogP contribution in [-0.2, 0) is 18.7 Å². The number of Topliss-reactive ketones (excluding diaryl/α,β-unsaturated/α-hetero) is 2. The summed E-state index contributed by atoms with van der Waals surface area (Å²) in [5, 5.41) is -6.36. The molecule has 0 unspecified atom stereocenters. The second-order valence-corrected chi connectivity index (χ2v) is 22.8. The van der Waals surface area contributed by atoms with Gasteiger partial charge in [-0.3, -0.25) is 9.59 Å². The molecule has 0 amide bonds. The predicted octanol–water partition coefficient (Wildman–Crippen LogP) is 6.27. The molecule has 0 bridgehead atoms. The molecule has 4 aromatic carbocycles. The highest BCUT2D eigenvalue weighted by molar-refractivity contribution is 7.72. The highest BCUT2D eigenvalue weighted by Gasteiger charge is 2.43. The lowest BCUT2D eigenvalue weighted by Crippen LogP contribution is -3.05. The molecule has 0 spiro atoms. The number of quaternary nitrogens is 2. The van der Waals surface area contributed by atoms with E-state index in [9.17, 15) is 116 Å². The van der Waals surface area contributed by atoms with Gasteiger partial charge in [0.2, 0.25) is 23.3 Å². The van der Waals surface area contributed by atoms with Gasteiger partial charge in [0, 0.05) is 0 Å². The molecule has 2 aliphatic rings. The first-order valence-corrected chi connectivity index (χ1v) is 23.0. The zero-order chi connectivity index (χ0) is 56.3. The molecule has 0 aliphatic carbocycles. The molecule has 4 aromatic rings. The van der Waals surface area contributed by atoms with Crippen LogP contribution in [0.25, 0.3) is 0 Å². The number of carbonyl (C=O) groups is 2. The third-order valence-electron chi connectivity index (χ3n) is 10.1. The van der Waals surface area contributed by atoms with Crippen LogP contribution in [0.3, 0.4) is 0 Å². The molecule has 400 valence electrons. The standard InChI is InChI=1S/2C12HF10O2P.2C9H17NO/c2*13-1-3(15)7(19)11(8(20)4(1)16)25(23,24)12-9(21)5(17)2(14)6(18)10(12)22;2*1-8(2)5-7(11)6-9(3,4)10-8/h2*(H,23,24);2*10H,5-6H2,1-4H3. The fourth-order valence-electron chi connectivity index (χ4n) is 8.11. The Hall–Kier alpha value is -4.88. The van der Waals surface area contributed by atoms with Crippen LogP contribution in [0, 0.1) is 116 Å². The van der Waals surface area contributed by atoms with Crippen molar-refractivity contribution >= 4 is 47.5 Å². The van der Waals surface area contributed by atoms with Gasteiger partial charge in [-0.05, 0) is 55.4 Å². The smallest absolute Gasteiger partial charge is 0.200 e. The van der Waals surface area contributed by atoms with Crippen LogP contribution in [-0.4, -0.2) is 33.7 Å². The normalized spacial score (nSPS) is 17.0. The quantitative estimate of drug-likeness (QED) is 0.107. The second-order valence-electron chi connectivity index (χ2n) is 18.8. The van der Waals surface area contributed by atoms with Crippen molar-refractivity contribution < 1.29 is 127 Å². The molecule has 2 fully saturated rings. The number of nitrogens with two attached hydrogens (primary N) is 2. The highest BCUT2D eigenvalue weighted by Crippen LogP contribution is 2.42. The summed E-state index contributed by atoms with van der Waals surface area (Å²) in [6, 6.07) is 0. The average Bonchev–Trinajstić information content (AvgIpc) is 3.21. The monoisotopic (exact) mass is 1110 g/mol. The molecule has 8 nitrogen and oxygen atoms in total. The molecule has 2 heterocycles. The van der Waals surface area contributed by atoms with E-state index in [2.05, 4.69) is 66.0 Å². The van der Waals surface area contributed by atoms with E-state index < -0.39 is 152 Å². The zero-order valence-corrected chi connectivity index (χ0v) is 39.7. The number of hydrogen-bond acceptors (Lipinski definition) is 6. The van der Waals surface area contributed by atoms with Gasteiger partial charge >= 0.3 is 0 Å². The highest BCUT2D eigenvalue weighted by atomic mass is 31.2. The van der Waals surface area contributed by atoms with Crippen LogP contribution >= 0.6 is 14.7 Å². The molecule has 72 heavy (non-hydrogen) atoms. The summed E-state index contributed by atoms with van der Waals surface area (Å²) in [5.41, 5.74) is 0.440. The number of benzene rings is 4. The van der Waals surface area contributed by atoms with Crippen LogP contribution in [0.15, 0.2) is 0 Å². The number of piperidine rings is 2. The zero-order valence-electron chi connectivity index (χ0n) is 37.9. The Morgan fingerprint density at radius 2 is 0.403 bits per heavy atom. The first-order valence-electron chi connectivity index (χ1n) is 19.8. The van der Waals surface area contributed by atoms with Crippen LogP contribution in [0.2, 0.25) is 0 Å². The van der Waals surface area contributed by atoms with Gasteiger partial charge in [-0.15, -0.1) is 0 Å². The summed E-state index contributed by atoms with van der Waals surface area (Å²) >= 11 is 0. The van der Waals surface area contributed by atoms with Crippen molar-refractivity contribution in [3.8, 4) is 0 Å². The second kappa shape index (κ2) is 21.2. The minimum Gasteiger partial charge on any atom is -0.792 e. The topological polar surface area (TPSA) is 148 Å². The Morgan fingerprint density at radius 1 is 0.292 bits per heavy atom. The number of carbonyl (C=O) groups excluding carboxylic acids is 2. The third-order valence-corrected chi connectivity index (χ3v) is 14.0. The third kappa shape index (κ3) is 12.4. The Kier molecular flexibility index (Phi) is 18.0. The van der Waals surface area contributed by atoms with Gasteiger partial charge in [-0.1, -0.05) is 0 Å². The van der Waals surface area contributed by atoms with Crippen molar-refractivity contribution in [1.82, 2.24) is 0 Å². The average molecular weight is 1110 g/mol. The van der Waals surface area contributed by atoms with E-state index in [1.165, 1.54) is 0 Å². The van der Waals surface area contributed by atoms with Crippen molar-refractivity contribution in [3.63, 3.8) is 0 Å². The molecular formula is C42H36F20N2O6P2. The summed E-state index contributed by atoms with van der Waals surface area (Å²) in [4.78, 5) is 46.4. The minimum atomic E-state index is -6.74. The summed E-state index contributed by atoms with van der Waals surface area (Å²) in [5.74, 6) is -57.0. The fourth-order valence-corrected chi connectivity index (χ4v) is 11.4. The van der Waals surface area contributed by atoms with Gasteiger partial charge in [0.25, 0.3) is 0 Å². The van der Waals surface area contributed by atoms with Crippen molar-refractivity contribution in [1.29, 1.82) is 0 Å². The molecule has 0 atom stereocenters. The Bertz CT molecular complexity index is 2490. The van der Waals surface area contributed by atoms with Crippen LogP contribution < -0.4 is 41.6 Å². The van der Waals surface area contributed by atoms with Crippen LogP contribution in [0.1, 0.15) is 81.1 Å². The fraction of sp³-hybridized carbons (Fsp3) is 0.381. The molecular weight excluding hydrogens is 1070 g/mol. The van der Waals surface area contributed by atoms with E-state index in [4.69, 9.17) is 0 Å². The number of ketones is 2. The van der Waals surface area contributed by atoms with Crippen molar-refractivity contribution in [2.45, 2.75) is 103 Å². The lowest BCUT2D eigenvalue weighted by molar-refractivity contribution is -0.781. The van der Waals surface area contributed by atoms with Crippen LogP contribution in [0.4, 0.5) is 87.8 Å². The van der Waals surface area contributed by atoms with Gasteiger partial charge < -0.3 is 29.6 Å². The van der Waals surface area contributed by atoms with E-state index in [0.29, 0.717) is 11.6 Å². The largest absolute Gasteiger partial charge is 0.792 e. The van der Waals surface area contributed by atoms with E-state index in [1.54, 1.807) is 0 Å². The number of rotatable bonds is 4. The molecule has 2 aliphatic heterocycles. The van der Waals surface area contributed by atoms with Gasteiger partial charge in [-0.25, -0.2) is 87.8 Å². The van der Waals surface area contributed by atoms with Gasteiger partial charge in [0.15, 0.2) is 93.1 Å². The van der Waals surface area contributed by atoms with E-state index in [0.717, 1.165) is 25.7 Å². The Labute approximate surface area is 393 Å². The Morgan fingerprint density at radius 3 is 0.514 bits per heavy atom. The maximum Gasteiger partial charge on any atom is 0.200 e. The summed E-state index contributed by atoms with van der Waals surface area (Å²) < 4.78 is 288. The summed E-state index contributed by atoms with van der Waals surface area (Å²) in [6.45, 7) is 17.0. The van der Waals surface area contributed by atoms with Crippen LogP contribution in [0.5, 0.6) is 0 Å². The Balaban J connectivity index is 0.000000271. The lowest BCUT2D eigenvalue weighted by Gasteiger charge is -2.37. The lowest BCUT2D eigenvalue weighted by atomic mass is 9.82. The predicted molar refractivity (Wildman–Crippen MR) is 207 cm³/mol. The SMILES string of the molecule is CC1(C)CC(=O)CC(C)(C)[NH2+]1.CC1(C)CC(=O)CC(C)(C)[NH2+]1.O=P([O-])(c1c(F)c(F)c(F)c(F)c1F)c1c(F)c(F)c(F)c(F)c1F.O=P([O-])(c1c(F)c(F)c(F)c(F)c1F)c1c(F)c(F)c(F)c(F)c1F. The first kappa shape index (κ1) is 61.4. The maximum absolute atomic E-state index is 13.5. The molecule has 6 rings (SSSR count). The molecule has 0 aromatic heterocycles. The maximum atomic E-state index is 13.5. The summed E-state index contributed by atoms with van der Waals surface area (Å²) in [6.07, 6.45) is 2.87. The number of hydrogen-bond donors (Lipinski definition) is 2. The molecule has 2 saturated heterocycles. The minimum absolute atomic E-state index is 0.110. The van der Waals surface area contributed by atoms with E-state index in [1.807, 2.05) is 0 Å². The van der Waals surface area contributed by atoms with Crippen molar-refractivity contribution in [2.75, 3.05) is 0 Å². The molecule has 4 N–H and O–H groups in total. The van der Waals surface area contributed by atoms with E-state index >= 15 is 0 Å². The van der Waals surface area contributed by atoms with Crippen molar-refractivity contribution in [2.24, 2.45) is 0 Å². The molecule has 0 saturated carbocycles. The summed E-state index contributed by atoms with van der Waals surface area (Å²) in [7, 11) is -13.5. The van der Waals surface area contributed by atoms with Crippen molar-refractivity contribution in [3.05, 3.63) is 116 Å². The first-order chi connectivity index (χ1) is 32.3. The molecule has 30 heteroatoms. The van der Waals surface area contributed by atoms with Gasteiger partial charge in [-0.2, -0.15) is 0 Å². The van der Waals surface area contributed by atoms with E-state index in [-0.39, 0.29) is 22.2 Å². The molecule has 0 radical (unpaired) electrons. The van der Waals surface area contributed by atoms with Gasteiger partial charge in [0.1, 0.15) is 11.6 Å².